The van der Waals surface area contributed by atoms with Crippen LogP contribution in [0.3, 0.4) is 0 Å². The maximum atomic E-state index is 12.2. The van der Waals surface area contributed by atoms with Gasteiger partial charge >= 0.3 is 0 Å². The number of aromatic nitrogens is 2. The lowest BCUT2D eigenvalue weighted by atomic mass is 10.1. The van der Waals surface area contributed by atoms with Crippen LogP contribution in [0.5, 0.6) is 5.88 Å². The number of aromatic hydroxyl groups is 1. The second-order valence-corrected chi connectivity index (χ2v) is 8.34. The van der Waals surface area contributed by atoms with E-state index in [1.54, 1.807) is 23.9 Å². The zero-order valence-electron chi connectivity index (χ0n) is 12.1. The molecule has 21 heavy (non-hydrogen) atoms. The van der Waals surface area contributed by atoms with Crippen LogP contribution in [0.4, 0.5) is 0 Å². The van der Waals surface area contributed by atoms with Gasteiger partial charge in [0.05, 0.1) is 5.75 Å². The van der Waals surface area contributed by atoms with E-state index < -0.39 is 0 Å². The van der Waals surface area contributed by atoms with Crippen LogP contribution in [-0.2, 0) is 5.75 Å². The summed E-state index contributed by atoms with van der Waals surface area (Å²) in [7, 11) is 0. The molecular formula is C15H17BrN2O2S. The number of nitrogens with zero attached hydrogens (tertiary/aromatic N) is 1. The van der Waals surface area contributed by atoms with E-state index in [0.29, 0.717) is 17.1 Å². The number of nitrogens with one attached hydrogen (secondary N) is 1. The molecule has 6 heteroatoms. The summed E-state index contributed by atoms with van der Waals surface area (Å²) in [4.78, 5) is 19.1. The first kappa shape index (κ1) is 16.1. The van der Waals surface area contributed by atoms with Gasteiger partial charge in [-0.1, -0.05) is 48.8 Å². The van der Waals surface area contributed by atoms with E-state index in [4.69, 9.17) is 0 Å². The van der Waals surface area contributed by atoms with Gasteiger partial charge in [-0.15, -0.1) is 11.8 Å². The first-order valence-corrected chi connectivity index (χ1v) is 8.26. The van der Waals surface area contributed by atoms with Gasteiger partial charge in [0.1, 0.15) is 11.4 Å². The first-order valence-electron chi connectivity index (χ1n) is 6.48. The van der Waals surface area contributed by atoms with Crippen molar-refractivity contribution in [1.82, 2.24) is 9.97 Å². The quantitative estimate of drug-likeness (QED) is 0.860. The summed E-state index contributed by atoms with van der Waals surface area (Å²) < 4.78 is 0.906. The summed E-state index contributed by atoms with van der Waals surface area (Å²) in [5, 5.41) is 10.1. The summed E-state index contributed by atoms with van der Waals surface area (Å²) in [6.45, 7) is 6.27. The Kier molecular flexibility index (Phi) is 4.78. The smallest absolute Gasteiger partial charge is 0.262 e. The third-order valence-electron chi connectivity index (χ3n) is 2.70. The van der Waals surface area contributed by atoms with Gasteiger partial charge < -0.3 is 10.1 Å². The second kappa shape index (κ2) is 6.23. The maximum absolute atomic E-state index is 12.2. The van der Waals surface area contributed by atoms with E-state index >= 15 is 0 Å². The van der Waals surface area contributed by atoms with E-state index in [1.165, 1.54) is 0 Å². The molecule has 0 aliphatic rings. The Labute approximate surface area is 136 Å². The fourth-order valence-electron chi connectivity index (χ4n) is 1.76. The SMILES string of the molecule is CC(C)(C)SCc1nc(O)c(-c2cccc(Br)c2)c(=O)[nH]1. The Morgan fingerprint density at radius 2 is 2.10 bits per heavy atom. The van der Waals surface area contributed by atoms with Crippen LogP contribution in [-0.4, -0.2) is 19.8 Å². The Morgan fingerprint density at radius 1 is 1.38 bits per heavy atom. The number of thioether (sulfide) groups is 1. The largest absolute Gasteiger partial charge is 0.493 e. The lowest BCUT2D eigenvalue weighted by molar-refractivity contribution is 0.451. The highest BCUT2D eigenvalue weighted by Crippen LogP contribution is 2.28. The Balaban J connectivity index is 2.36. The average Bonchev–Trinajstić information content (AvgIpc) is 2.35. The molecule has 0 saturated heterocycles. The topological polar surface area (TPSA) is 66.0 Å². The van der Waals surface area contributed by atoms with E-state index in [1.807, 2.05) is 12.1 Å². The van der Waals surface area contributed by atoms with E-state index in [2.05, 4.69) is 46.7 Å². The van der Waals surface area contributed by atoms with Crippen molar-refractivity contribution in [2.45, 2.75) is 31.3 Å². The van der Waals surface area contributed by atoms with Gasteiger partial charge in [0.2, 0.25) is 5.88 Å². The van der Waals surface area contributed by atoms with Crippen LogP contribution >= 0.6 is 27.7 Å². The third-order valence-corrected chi connectivity index (χ3v) is 4.48. The molecule has 0 bridgehead atoms. The molecule has 0 aliphatic carbocycles. The zero-order chi connectivity index (χ0) is 15.6. The number of halogens is 1. The summed E-state index contributed by atoms with van der Waals surface area (Å²) in [6, 6.07) is 7.20. The van der Waals surface area contributed by atoms with E-state index in [9.17, 15) is 9.90 Å². The van der Waals surface area contributed by atoms with E-state index in [-0.39, 0.29) is 21.7 Å². The van der Waals surface area contributed by atoms with Crippen molar-refractivity contribution in [1.29, 1.82) is 0 Å². The fraction of sp³-hybridized carbons (Fsp3) is 0.333. The molecule has 0 unspecified atom stereocenters. The van der Waals surface area contributed by atoms with Gasteiger partial charge in [-0.2, -0.15) is 4.98 Å². The van der Waals surface area contributed by atoms with Crippen molar-refractivity contribution in [3.05, 3.63) is 44.9 Å². The number of benzene rings is 1. The normalized spacial score (nSPS) is 11.6. The van der Waals surface area contributed by atoms with Crippen LogP contribution in [0.1, 0.15) is 26.6 Å². The molecule has 2 N–H and O–H groups in total. The summed E-state index contributed by atoms with van der Waals surface area (Å²) in [5.41, 5.74) is 0.497. The zero-order valence-corrected chi connectivity index (χ0v) is 14.5. The molecule has 0 fully saturated rings. The van der Waals surface area contributed by atoms with Gasteiger partial charge in [0, 0.05) is 9.22 Å². The van der Waals surface area contributed by atoms with Crippen molar-refractivity contribution in [3.63, 3.8) is 0 Å². The van der Waals surface area contributed by atoms with Gasteiger partial charge in [0.15, 0.2) is 0 Å². The molecule has 2 aromatic rings. The van der Waals surface area contributed by atoms with Crippen LogP contribution < -0.4 is 5.56 Å². The molecule has 1 aromatic carbocycles. The molecule has 1 heterocycles. The van der Waals surface area contributed by atoms with Gasteiger partial charge in [-0.05, 0) is 17.7 Å². The highest BCUT2D eigenvalue weighted by atomic mass is 79.9. The third kappa shape index (κ3) is 4.35. The predicted molar refractivity (Wildman–Crippen MR) is 90.7 cm³/mol. The first-order chi connectivity index (χ1) is 9.76. The number of rotatable bonds is 3. The molecule has 2 rings (SSSR count). The molecule has 0 radical (unpaired) electrons. The summed E-state index contributed by atoms with van der Waals surface area (Å²) in [6.07, 6.45) is 0. The average molecular weight is 369 g/mol. The van der Waals surface area contributed by atoms with Crippen molar-refractivity contribution in [2.75, 3.05) is 0 Å². The van der Waals surface area contributed by atoms with Gasteiger partial charge in [-0.25, -0.2) is 0 Å². The Morgan fingerprint density at radius 3 is 2.67 bits per heavy atom. The number of hydrogen-bond donors (Lipinski definition) is 2. The molecule has 0 aliphatic heterocycles. The molecule has 4 nitrogen and oxygen atoms in total. The maximum Gasteiger partial charge on any atom is 0.262 e. The van der Waals surface area contributed by atoms with E-state index in [0.717, 1.165) is 4.47 Å². The second-order valence-electron chi connectivity index (χ2n) is 5.62. The Bertz CT molecular complexity index is 708. The van der Waals surface area contributed by atoms with Crippen molar-refractivity contribution in [3.8, 4) is 17.0 Å². The minimum absolute atomic E-state index is 0.0666. The molecule has 0 spiro atoms. The molecule has 112 valence electrons. The summed E-state index contributed by atoms with van der Waals surface area (Å²) >= 11 is 5.01. The molecule has 0 atom stereocenters. The predicted octanol–water partition coefficient (Wildman–Crippen LogP) is 3.94. The molecule has 0 saturated carbocycles. The van der Waals surface area contributed by atoms with Crippen molar-refractivity contribution in [2.24, 2.45) is 0 Å². The van der Waals surface area contributed by atoms with Crippen LogP contribution in [0.2, 0.25) is 0 Å². The molecule has 0 amide bonds. The fourth-order valence-corrected chi connectivity index (χ4v) is 2.87. The highest BCUT2D eigenvalue weighted by Gasteiger charge is 2.16. The monoisotopic (exact) mass is 368 g/mol. The van der Waals surface area contributed by atoms with Gasteiger partial charge in [0.25, 0.3) is 5.56 Å². The lowest BCUT2D eigenvalue weighted by Gasteiger charge is -2.17. The highest BCUT2D eigenvalue weighted by molar-refractivity contribution is 9.10. The molecular weight excluding hydrogens is 352 g/mol. The van der Waals surface area contributed by atoms with Crippen LogP contribution in [0.15, 0.2) is 33.5 Å². The number of aromatic amines is 1. The van der Waals surface area contributed by atoms with Gasteiger partial charge in [-0.3, -0.25) is 4.79 Å². The standard InChI is InChI=1S/C15H17BrN2O2S/c1-15(2,3)21-8-11-17-13(19)12(14(20)18-11)9-5-4-6-10(16)7-9/h4-7H,8H2,1-3H3,(H2,17,18,19,20). The molecule has 1 aromatic heterocycles. The van der Waals surface area contributed by atoms with Crippen LogP contribution in [0, 0.1) is 0 Å². The minimum atomic E-state index is -0.329. The van der Waals surface area contributed by atoms with Crippen LogP contribution in [0.25, 0.3) is 11.1 Å². The lowest BCUT2D eigenvalue weighted by Crippen LogP contribution is -2.15. The Hall–Kier alpha value is -1.27. The number of H-pyrrole nitrogens is 1. The number of hydrogen-bond acceptors (Lipinski definition) is 4. The van der Waals surface area contributed by atoms with Crippen molar-refractivity contribution < 1.29 is 5.11 Å². The summed E-state index contributed by atoms with van der Waals surface area (Å²) in [5.74, 6) is 0.794. The van der Waals surface area contributed by atoms with Crippen molar-refractivity contribution >= 4 is 27.7 Å². The minimum Gasteiger partial charge on any atom is -0.493 e.